The summed E-state index contributed by atoms with van der Waals surface area (Å²) in [6.07, 6.45) is 0. The van der Waals surface area contributed by atoms with E-state index in [4.69, 9.17) is 16.3 Å². The van der Waals surface area contributed by atoms with Gasteiger partial charge >= 0.3 is 0 Å². The third kappa shape index (κ3) is 4.25. The third-order valence-corrected chi connectivity index (χ3v) is 3.28. The molecule has 0 saturated heterocycles. The summed E-state index contributed by atoms with van der Waals surface area (Å²) in [6, 6.07) is 7.65. The lowest BCUT2D eigenvalue weighted by Crippen LogP contribution is -2.09. The van der Waals surface area contributed by atoms with E-state index >= 15 is 0 Å². The first-order chi connectivity index (χ1) is 8.74. The maximum absolute atomic E-state index is 5.80. The lowest BCUT2D eigenvalue weighted by Gasteiger charge is -2.05. The van der Waals surface area contributed by atoms with Crippen molar-refractivity contribution in [3.05, 3.63) is 39.9 Å². The average Bonchev–Trinajstić information content (AvgIpc) is 2.77. The highest BCUT2D eigenvalue weighted by molar-refractivity contribution is 7.15. The molecule has 96 valence electrons. The zero-order valence-electron chi connectivity index (χ0n) is 10.0. The fourth-order valence-corrected chi connectivity index (χ4v) is 2.11. The number of anilines is 1. The molecule has 0 aliphatic rings. The van der Waals surface area contributed by atoms with Crippen LogP contribution in [0.25, 0.3) is 0 Å². The van der Waals surface area contributed by atoms with Crippen LogP contribution in [-0.4, -0.2) is 23.3 Å². The van der Waals surface area contributed by atoms with Crippen LogP contribution in [0.1, 0.15) is 10.6 Å². The summed E-state index contributed by atoms with van der Waals surface area (Å²) in [7, 11) is 0. The molecule has 18 heavy (non-hydrogen) atoms. The molecular weight excluding hydrogens is 270 g/mol. The van der Waals surface area contributed by atoms with Gasteiger partial charge in [-0.3, -0.25) is 0 Å². The van der Waals surface area contributed by atoms with Gasteiger partial charge in [-0.05, 0) is 24.6 Å². The van der Waals surface area contributed by atoms with Crippen LogP contribution >= 0.6 is 22.9 Å². The van der Waals surface area contributed by atoms with Crippen molar-refractivity contribution < 1.29 is 4.74 Å². The molecule has 0 radical (unpaired) electrons. The summed E-state index contributed by atoms with van der Waals surface area (Å²) in [5.74, 6) is 0. The van der Waals surface area contributed by atoms with Crippen molar-refractivity contribution in [1.82, 2.24) is 10.2 Å². The molecule has 0 atom stereocenters. The molecule has 0 bridgehead atoms. The zero-order chi connectivity index (χ0) is 12.8. The number of aromatic nitrogens is 2. The predicted octanol–water partition coefficient (Wildman–Crippen LogP) is 3.13. The van der Waals surface area contributed by atoms with E-state index in [1.807, 2.05) is 31.2 Å². The van der Waals surface area contributed by atoms with Crippen molar-refractivity contribution in [2.75, 3.05) is 18.5 Å². The number of halogens is 1. The van der Waals surface area contributed by atoms with Crippen molar-refractivity contribution in [3.8, 4) is 0 Å². The van der Waals surface area contributed by atoms with Gasteiger partial charge in [-0.2, -0.15) is 0 Å². The highest BCUT2D eigenvalue weighted by atomic mass is 35.5. The molecule has 2 aromatic rings. The maximum Gasteiger partial charge on any atom is 0.205 e. The predicted molar refractivity (Wildman–Crippen MR) is 74.2 cm³/mol. The number of hydrogen-bond acceptors (Lipinski definition) is 5. The Bertz CT molecular complexity index is 486. The Kier molecular flexibility index (Phi) is 4.92. The number of aryl methyl sites for hydroxylation is 1. The van der Waals surface area contributed by atoms with Gasteiger partial charge in [0.1, 0.15) is 5.01 Å². The van der Waals surface area contributed by atoms with E-state index in [9.17, 15) is 0 Å². The molecular formula is C12H14ClN3OS. The van der Waals surface area contributed by atoms with Crippen LogP contribution in [0.3, 0.4) is 0 Å². The second-order valence-electron chi connectivity index (χ2n) is 3.73. The van der Waals surface area contributed by atoms with Gasteiger partial charge in [-0.25, -0.2) is 0 Å². The van der Waals surface area contributed by atoms with E-state index in [1.165, 1.54) is 0 Å². The molecule has 0 spiro atoms. The number of ether oxygens (including phenoxy) is 1. The molecule has 6 heteroatoms. The standard InChI is InChI=1S/C12H14ClN3OS/c1-9-15-16-12(18-9)14-6-7-17-8-10-2-4-11(13)5-3-10/h2-5H,6-8H2,1H3,(H,14,16). The number of nitrogens with one attached hydrogen (secondary N) is 1. The lowest BCUT2D eigenvalue weighted by molar-refractivity contribution is 0.130. The zero-order valence-corrected chi connectivity index (χ0v) is 11.6. The quantitative estimate of drug-likeness (QED) is 0.828. The fourth-order valence-electron chi connectivity index (χ4n) is 1.37. The van der Waals surface area contributed by atoms with Gasteiger partial charge in [0.2, 0.25) is 5.13 Å². The van der Waals surface area contributed by atoms with E-state index in [2.05, 4.69) is 15.5 Å². The normalized spacial score (nSPS) is 10.6. The van der Waals surface area contributed by atoms with Gasteiger partial charge in [-0.1, -0.05) is 35.1 Å². The van der Waals surface area contributed by atoms with Gasteiger partial charge in [0.25, 0.3) is 0 Å². The molecule has 4 nitrogen and oxygen atoms in total. The van der Waals surface area contributed by atoms with Gasteiger partial charge in [0, 0.05) is 11.6 Å². The summed E-state index contributed by atoms with van der Waals surface area (Å²) in [6.45, 7) is 3.87. The highest BCUT2D eigenvalue weighted by Crippen LogP contribution is 2.13. The van der Waals surface area contributed by atoms with Crippen molar-refractivity contribution in [2.24, 2.45) is 0 Å². The number of nitrogens with zero attached hydrogens (tertiary/aromatic N) is 2. The fraction of sp³-hybridized carbons (Fsp3) is 0.333. The van der Waals surface area contributed by atoms with Crippen LogP contribution < -0.4 is 5.32 Å². The first-order valence-corrected chi connectivity index (χ1v) is 6.79. The Hall–Kier alpha value is -1.17. The second kappa shape index (κ2) is 6.68. The van der Waals surface area contributed by atoms with Crippen molar-refractivity contribution in [1.29, 1.82) is 0 Å². The molecule has 1 heterocycles. The summed E-state index contributed by atoms with van der Waals surface area (Å²) < 4.78 is 5.54. The van der Waals surface area contributed by atoms with Crippen LogP contribution in [0, 0.1) is 6.92 Å². The Labute approximate surface area is 115 Å². The molecule has 0 fully saturated rings. The molecule has 1 aromatic heterocycles. The molecule has 0 aliphatic heterocycles. The minimum absolute atomic E-state index is 0.591. The van der Waals surface area contributed by atoms with Gasteiger partial charge in [0.15, 0.2) is 0 Å². The first kappa shape index (κ1) is 13.3. The lowest BCUT2D eigenvalue weighted by atomic mass is 10.2. The molecule has 0 saturated carbocycles. The molecule has 1 N–H and O–H groups in total. The average molecular weight is 284 g/mol. The summed E-state index contributed by atoms with van der Waals surface area (Å²) >= 11 is 7.34. The Morgan fingerprint density at radius 2 is 2.06 bits per heavy atom. The van der Waals surface area contributed by atoms with Crippen LogP contribution in [0.5, 0.6) is 0 Å². The minimum Gasteiger partial charge on any atom is -0.375 e. The van der Waals surface area contributed by atoms with Gasteiger partial charge in [-0.15, -0.1) is 10.2 Å². The van der Waals surface area contributed by atoms with Crippen LogP contribution in [0.2, 0.25) is 5.02 Å². The largest absolute Gasteiger partial charge is 0.375 e. The summed E-state index contributed by atoms with van der Waals surface area (Å²) in [4.78, 5) is 0. The third-order valence-electron chi connectivity index (χ3n) is 2.23. The van der Waals surface area contributed by atoms with Gasteiger partial charge in [0.05, 0.1) is 13.2 Å². The van der Waals surface area contributed by atoms with E-state index < -0.39 is 0 Å². The van der Waals surface area contributed by atoms with Crippen LogP contribution in [0.15, 0.2) is 24.3 Å². The number of benzene rings is 1. The van der Waals surface area contributed by atoms with E-state index in [0.29, 0.717) is 13.2 Å². The van der Waals surface area contributed by atoms with E-state index in [1.54, 1.807) is 11.3 Å². The topological polar surface area (TPSA) is 47.0 Å². The SMILES string of the molecule is Cc1nnc(NCCOCc2ccc(Cl)cc2)s1. The second-order valence-corrected chi connectivity index (χ2v) is 5.35. The van der Waals surface area contributed by atoms with Crippen molar-refractivity contribution in [2.45, 2.75) is 13.5 Å². The Morgan fingerprint density at radius 1 is 1.28 bits per heavy atom. The summed E-state index contributed by atoms with van der Waals surface area (Å²) in [5.41, 5.74) is 1.12. The highest BCUT2D eigenvalue weighted by Gasteiger charge is 1.98. The van der Waals surface area contributed by atoms with Crippen molar-refractivity contribution in [3.63, 3.8) is 0 Å². The molecule has 0 aliphatic carbocycles. The van der Waals surface area contributed by atoms with Crippen LogP contribution in [0.4, 0.5) is 5.13 Å². The van der Waals surface area contributed by atoms with Crippen LogP contribution in [-0.2, 0) is 11.3 Å². The molecule has 0 amide bonds. The monoisotopic (exact) mass is 283 g/mol. The molecule has 0 unspecified atom stereocenters. The molecule has 2 rings (SSSR count). The Morgan fingerprint density at radius 3 is 2.72 bits per heavy atom. The smallest absolute Gasteiger partial charge is 0.205 e. The maximum atomic E-state index is 5.80. The number of hydrogen-bond donors (Lipinski definition) is 1. The van der Waals surface area contributed by atoms with Gasteiger partial charge < -0.3 is 10.1 Å². The number of rotatable bonds is 6. The first-order valence-electron chi connectivity index (χ1n) is 5.60. The summed E-state index contributed by atoms with van der Waals surface area (Å²) in [5, 5.41) is 13.6. The van der Waals surface area contributed by atoms with E-state index in [-0.39, 0.29) is 0 Å². The van der Waals surface area contributed by atoms with E-state index in [0.717, 1.165) is 27.3 Å². The molecule has 1 aromatic carbocycles. The minimum atomic E-state index is 0.591. The Balaban J connectivity index is 1.63. The van der Waals surface area contributed by atoms with Crippen molar-refractivity contribution >= 4 is 28.1 Å².